The van der Waals surface area contributed by atoms with Gasteiger partial charge in [0.15, 0.2) is 12.4 Å². The van der Waals surface area contributed by atoms with E-state index in [0.717, 1.165) is 12.1 Å². The Labute approximate surface area is 167 Å². The zero-order valence-corrected chi connectivity index (χ0v) is 15.6. The molecule has 0 unspecified atom stereocenters. The third-order valence-corrected chi connectivity index (χ3v) is 4.41. The highest BCUT2D eigenvalue weighted by molar-refractivity contribution is 6.43. The number of alkyl halides is 3. The molecule has 0 bridgehead atoms. The summed E-state index contributed by atoms with van der Waals surface area (Å²) in [6.45, 7) is -0.581. The molecular weight excluding hydrogens is 424 g/mol. The van der Waals surface area contributed by atoms with Crippen LogP contribution in [0.1, 0.15) is 22.3 Å². The fourth-order valence-electron chi connectivity index (χ4n) is 2.25. The molecule has 0 saturated heterocycles. The van der Waals surface area contributed by atoms with Crippen molar-refractivity contribution in [2.24, 2.45) is 0 Å². The van der Waals surface area contributed by atoms with E-state index >= 15 is 0 Å². The first-order valence-electron chi connectivity index (χ1n) is 7.77. The Morgan fingerprint density at radius 3 is 2.21 bits per heavy atom. The number of carboxylic acids is 1. The van der Waals surface area contributed by atoms with Crippen LogP contribution in [0.3, 0.4) is 0 Å². The average Bonchev–Trinajstić information content (AvgIpc) is 2.61. The van der Waals surface area contributed by atoms with Crippen molar-refractivity contribution in [3.63, 3.8) is 0 Å². The third kappa shape index (κ3) is 6.31. The summed E-state index contributed by atoms with van der Waals surface area (Å²) in [5.74, 6) is -1.80. The number of carbonyl (C=O) groups is 2. The zero-order valence-electron chi connectivity index (χ0n) is 14.1. The molecule has 2 aromatic rings. The van der Waals surface area contributed by atoms with Gasteiger partial charge in [-0.3, -0.25) is 4.79 Å². The molecule has 2 rings (SSSR count). The smallest absolute Gasteiger partial charge is 0.480 e. The summed E-state index contributed by atoms with van der Waals surface area (Å²) in [7, 11) is 0. The van der Waals surface area contributed by atoms with Crippen molar-refractivity contribution in [2.45, 2.75) is 19.2 Å². The number of Topliss-reactive ketones (excluding diaryl/α,β-unsaturated/α-hetero) is 1. The van der Waals surface area contributed by atoms with Crippen molar-refractivity contribution in [3.05, 3.63) is 57.6 Å². The first kappa shape index (κ1) is 21.8. The van der Waals surface area contributed by atoms with Gasteiger partial charge in [-0.2, -0.15) is 0 Å². The molecule has 0 aliphatic heterocycles. The molecule has 150 valence electrons. The second-order valence-electron chi connectivity index (χ2n) is 5.53. The lowest BCUT2D eigenvalue weighted by Crippen LogP contribution is -2.17. The highest BCUT2D eigenvalue weighted by Crippen LogP contribution is 2.35. The lowest BCUT2D eigenvalue weighted by molar-refractivity contribution is -0.274. The number of rotatable bonds is 8. The van der Waals surface area contributed by atoms with E-state index in [1.54, 1.807) is 6.07 Å². The number of hydrogen-bond acceptors (Lipinski definition) is 4. The fourth-order valence-corrected chi connectivity index (χ4v) is 2.74. The van der Waals surface area contributed by atoms with Gasteiger partial charge in [-0.05, 0) is 42.3 Å². The number of ether oxygens (including phenoxy) is 2. The molecule has 0 fully saturated rings. The van der Waals surface area contributed by atoms with Gasteiger partial charge in [0.2, 0.25) is 0 Å². The first-order valence-corrected chi connectivity index (χ1v) is 8.53. The minimum Gasteiger partial charge on any atom is -0.480 e. The molecule has 28 heavy (non-hydrogen) atoms. The summed E-state index contributed by atoms with van der Waals surface area (Å²) in [6.07, 6.45) is -4.55. The standard InChI is InChI=1S/C18H13Cl2F3O5/c19-16-11(4-8-14(17(16)20)27-9-15(25)26)3-7-13(24)10-1-5-12(6-2-10)28-18(21,22)23/h1-2,4-6,8H,3,7,9H2,(H,25,26). The Kier molecular flexibility index (Phi) is 7.15. The number of halogens is 5. The van der Waals surface area contributed by atoms with Gasteiger partial charge in [0.05, 0.1) is 5.02 Å². The van der Waals surface area contributed by atoms with Crippen molar-refractivity contribution in [1.29, 1.82) is 0 Å². The van der Waals surface area contributed by atoms with Crippen LogP contribution in [0.25, 0.3) is 0 Å². The predicted octanol–water partition coefficient (Wildman–Crippen LogP) is 5.17. The van der Waals surface area contributed by atoms with Crippen LogP contribution in [0.4, 0.5) is 13.2 Å². The Balaban J connectivity index is 2.00. The van der Waals surface area contributed by atoms with Crippen LogP contribution in [0, 0.1) is 0 Å². The molecule has 10 heteroatoms. The van der Waals surface area contributed by atoms with E-state index in [1.165, 1.54) is 18.2 Å². The van der Waals surface area contributed by atoms with Crippen LogP contribution >= 0.6 is 23.2 Å². The molecule has 0 amide bonds. The third-order valence-electron chi connectivity index (χ3n) is 3.51. The maximum Gasteiger partial charge on any atom is 0.573 e. The van der Waals surface area contributed by atoms with Crippen LogP contribution < -0.4 is 9.47 Å². The summed E-state index contributed by atoms with van der Waals surface area (Å²) in [5, 5.41) is 8.77. The molecular formula is C18H13Cl2F3O5. The monoisotopic (exact) mass is 436 g/mol. The maximum absolute atomic E-state index is 12.2. The number of carbonyl (C=O) groups excluding carboxylic acids is 1. The minimum atomic E-state index is -4.80. The molecule has 0 saturated carbocycles. The number of carboxylic acid groups (broad SMARTS) is 1. The van der Waals surface area contributed by atoms with E-state index in [1.807, 2.05) is 0 Å². The molecule has 0 aliphatic carbocycles. The first-order chi connectivity index (χ1) is 13.1. The van der Waals surface area contributed by atoms with Gasteiger partial charge in [0.25, 0.3) is 0 Å². The molecule has 5 nitrogen and oxygen atoms in total. The Bertz CT molecular complexity index is 867. The van der Waals surface area contributed by atoms with Gasteiger partial charge in [-0.15, -0.1) is 13.2 Å². The highest BCUT2D eigenvalue weighted by atomic mass is 35.5. The summed E-state index contributed by atoms with van der Waals surface area (Å²) >= 11 is 12.2. The molecule has 0 heterocycles. The molecule has 0 aromatic heterocycles. The second-order valence-corrected chi connectivity index (χ2v) is 6.28. The lowest BCUT2D eigenvalue weighted by Gasteiger charge is -2.11. The summed E-state index contributed by atoms with van der Waals surface area (Å²) in [6, 6.07) is 7.58. The van der Waals surface area contributed by atoms with E-state index in [-0.39, 0.29) is 40.0 Å². The molecule has 0 aliphatic rings. The van der Waals surface area contributed by atoms with Crippen molar-refractivity contribution in [2.75, 3.05) is 6.61 Å². The Hall–Kier alpha value is -2.45. The highest BCUT2D eigenvalue weighted by Gasteiger charge is 2.31. The molecule has 0 spiro atoms. The van der Waals surface area contributed by atoms with E-state index in [4.69, 9.17) is 33.0 Å². The van der Waals surface area contributed by atoms with E-state index in [0.29, 0.717) is 5.56 Å². The molecule has 0 radical (unpaired) electrons. The quantitative estimate of drug-likeness (QED) is 0.577. The number of ketones is 1. The average molecular weight is 437 g/mol. The Morgan fingerprint density at radius 1 is 1.00 bits per heavy atom. The van der Waals surface area contributed by atoms with E-state index < -0.39 is 24.7 Å². The van der Waals surface area contributed by atoms with Crippen molar-refractivity contribution >= 4 is 35.0 Å². The second kappa shape index (κ2) is 9.16. The van der Waals surface area contributed by atoms with Crippen LogP contribution in [-0.4, -0.2) is 29.8 Å². The fraction of sp³-hybridized carbons (Fsp3) is 0.222. The van der Waals surface area contributed by atoms with Gasteiger partial charge < -0.3 is 14.6 Å². The Morgan fingerprint density at radius 2 is 1.64 bits per heavy atom. The molecule has 1 N–H and O–H groups in total. The van der Waals surface area contributed by atoms with Crippen LogP contribution in [-0.2, 0) is 11.2 Å². The van der Waals surface area contributed by atoms with Gasteiger partial charge >= 0.3 is 12.3 Å². The summed E-state index contributed by atoms with van der Waals surface area (Å²) in [4.78, 5) is 22.8. The molecule has 0 atom stereocenters. The van der Waals surface area contributed by atoms with E-state index in [2.05, 4.69) is 4.74 Å². The van der Waals surface area contributed by atoms with Crippen LogP contribution in [0.5, 0.6) is 11.5 Å². The summed E-state index contributed by atoms with van der Waals surface area (Å²) < 4.78 is 45.2. The van der Waals surface area contributed by atoms with Crippen LogP contribution in [0.15, 0.2) is 36.4 Å². The largest absolute Gasteiger partial charge is 0.573 e. The number of aliphatic carboxylic acids is 1. The number of aryl methyl sites for hydroxylation is 1. The van der Waals surface area contributed by atoms with E-state index in [9.17, 15) is 22.8 Å². The predicted molar refractivity (Wildman–Crippen MR) is 95.4 cm³/mol. The summed E-state index contributed by atoms with van der Waals surface area (Å²) in [5.41, 5.74) is 0.762. The van der Waals surface area contributed by atoms with Gasteiger partial charge in [-0.1, -0.05) is 29.3 Å². The van der Waals surface area contributed by atoms with Crippen molar-refractivity contribution in [3.8, 4) is 11.5 Å². The minimum absolute atomic E-state index is 0.0292. The van der Waals surface area contributed by atoms with Gasteiger partial charge in [-0.25, -0.2) is 4.79 Å². The maximum atomic E-state index is 12.2. The number of benzene rings is 2. The molecule has 2 aromatic carbocycles. The zero-order chi connectivity index (χ0) is 20.9. The van der Waals surface area contributed by atoms with Gasteiger partial charge in [0.1, 0.15) is 16.5 Å². The SMILES string of the molecule is O=C(O)COc1ccc(CCC(=O)c2ccc(OC(F)(F)F)cc2)c(Cl)c1Cl. The number of hydrogen-bond donors (Lipinski definition) is 1. The van der Waals surface area contributed by atoms with Crippen molar-refractivity contribution < 1.29 is 37.3 Å². The lowest BCUT2D eigenvalue weighted by atomic mass is 10.0. The topological polar surface area (TPSA) is 72.8 Å². The van der Waals surface area contributed by atoms with Gasteiger partial charge in [0, 0.05) is 12.0 Å². The van der Waals surface area contributed by atoms with Crippen LogP contribution in [0.2, 0.25) is 10.0 Å². The normalized spacial score (nSPS) is 11.2. The van der Waals surface area contributed by atoms with Crippen molar-refractivity contribution in [1.82, 2.24) is 0 Å².